The van der Waals surface area contributed by atoms with Crippen LogP contribution < -0.4 is 4.90 Å². The van der Waals surface area contributed by atoms with Crippen LogP contribution in [-0.4, -0.2) is 4.98 Å². The molecule has 0 saturated heterocycles. The number of aromatic nitrogens is 1. The molecule has 33 heavy (non-hydrogen) atoms. The monoisotopic (exact) mass is 492 g/mol. The van der Waals surface area contributed by atoms with Crippen molar-refractivity contribution in [2.24, 2.45) is 0 Å². The van der Waals surface area contributed by atoms with Gasteiger partial charge in [0.1, 0.15) is 0 Å². The molecule has 1 heterocycles. The Morgan fingerprint density at radius 2 is 0.667 bits per heavy atom. The van der Waals surface area contributed by atoms with Gasteiger partial charge in [0, 0.05) is 38.9 Å². The maximum atomic E-state index is 3.38. The van der Waals surface area contributed by atoms with Crippen LogP contribution in [0.3, 0.4) is 0 Å². The highest BCUT2D eigenvalue weighted by atomic mass is 79.9. The van der Waals surface area contributed by atoms with Gasteiger partial charge in [-0.25, -0.2) is 0 Å². The number of nitrogens with zero attached hydrogens (tertiary/aromatic N) is 1. The number of benzene rings is 5. The largest absolute Gasteiger partial charge is 0.355 e. The van der Waals surface area contributed by atoms with Crippen LogP contribution in [0.1, 0.15) is 0 Å². The Morgan fingerprint density at radius 1 is 0.364 bits per heavy atom. The summed E-state index contributed by atoms with van der Waals surface area (Å²) in [7, 11) is 0. The Hall–Kier alpha value is -3.82. The molecule has 2 nitrogen and oxygen atoms in total. The van der Waals surface area contributed by atoms with E-state index in [9.17, 15) is 0 Å². The topological polar surface area (TPSA) is 19.0 Å². The molecule has 0 aliphatic rings. The standard InChI is InChI=1S/C18H15N.C12H9N.BrH/c1-4-10-16(11-5-1)19(17-12-6-2-7-13-17)18-14-8-3-9-15-18;1-3-7-11-9(5-1)10-6-2-4-8-12(10)13-11;/h1-15H;1-8,13H;1H. The first-order chi connectivity index (χ1) is 15.9. The second-order valence-electron chi connectivity index (χ2n) is 7.56. The van der Waals surface area contributed by atoms with Gasteiger partial charge < -0.3 is 9.88 Å². The molecular formula is C30H25BrN2. The molecule has 0 spiro atoms. The minimum Gasteiger partial charge on any atom is -0.355 e. The molecule has 0 amide bonds. The zero-order chi connectivity index (χ0) is 21.6. The van der Waals surface area contributed by atoms with Crippen LogP contribution >= 0.6 is 17.0 Å². The number of rotatable bonds is 3. The molecule has 6 rings (SSSR count). The SMILES string of the molecule is Br.c1ccc(N(c2ccccc2)c2ccccc2)cc1.c1ccc2c(c1)[nH]c1ccccc12. The van der Waals surface area contributed by atoms with Crippen LogP contribution in [0.5, 0.6) is 0 Å². The van der Waals surface area contributed by atoms with E-state index in [0.29, 0.717) is 0 Å². The molecule has 0 bridgehead atoms. The third-order valence-electron chi connectivity index (χ3n) is 5.46. The van der Waals surface area contributed by atoms with Gasteiger partial charge in [0.2, 0.25) is 0 Å². The van der Waals surface area contributed by atoms with Crippen molar-refractivity contribution in [2.45, 2.75) is 0 Å². The third-order valence-corrected chi connectivity index (χ3v) is 5.46. The molecule has 1 N–H and O–H groups in total. The molecule has 3 heteroatoms. The van der Waals surface area contributed by atoms with Crippen LogP contribution in [0.25, 0.3) is 21.8 Å². The average Bonchev–Trinajstić information content (AvgIpc) is 3.26. The Kier molecular flexibility index (Phi) is 7.23. The Balaban J connectivity index is 0.000000162. The second kappa shape index (κ2) is 10.7. The van der Waals surface area contributed by atoms with E-state index in [4.69, 9.17) is 0 Å². The fraction of sp³-hybridized carbons (Fsp3) is 0. The average molecular weight is 493 g/mol. The van der Waals surface area contributed by atoms with Crippen molar-refractivity contribution in [1.82, 2.24) is 4.98 Å². The summed E-state index contributed by atoms with van der Waals surface area (Å²) in [5.41, 5.74) is 5.92. The van der Waals surface area contributed by atoms with E-state index in [1.165, 1.54) is 38.9 Å². The zero-order valence-electron chi connectivity index (χ0n) is 18.1. The van der Waals surface area contributed by atoms with Crippen molar-refractivity contribution < 1.29 is 0 Å². The van der Waals surface area contributed by atoms with Gasteiger partial charge in [0.15, 0.2) is 0 Å². The Morgan fingerprint density at radius 3 is 1.03 bits per heavy atom. The Bertz CT molecular complexity index is 1270. The fourth-order valence-electron chi connectivity index (χ4n) is 3.98. The van der Waals surface area contributed by atoms with Crippen molar-refractivity contribution >= 4 is 55.8 Å². The summed E-state index contributed by atoms with van der Waals surface area (Å²) in [5, 5.41) is 2.61. The molecule has 0 atom stereocenters. The van der Waals surface area contributed by atoms with E-state index in [1.54, 1.807) is 0 Å². The number of H-pyrrole nitrogens is 1. The number of aromatic amines is 1. The highest BCUT2D eigenvalue weighted by molar-refractivity contribution is 8.93. The highest BCUT2D eigenvalue weighted by Gasteiger charge is 2.10. The molecule has 0 fully saturated rings. The molecular weight excluding hydrogens is 468 g/mol. The minimum atomic E-state index is 0. The summed E-state index contributed by atoms with van der Waals surface area (Å²) in [5.74, 6) is 0. The van der Waals surface area contributed by atoms with Gasteiger partial charge in [0.05, 0.1) is 0 Å². The zero-order valence-corrected chi connectivity index (χ0v) is 19.8. The molecule has 0 radical (unpaired) electrons. The van der Waals surface area contributed by atoms with Crippen LogP contribution in [0, 0.1) is 0 Å². The van der Waals surface area contributed by atoms with Crippen molar-refractivity contribution in [3.8, 4) is 0 Å². The fourth-order valence-corrected chi connectivity index (χ4v) is 3.98. The number of hydrogen-bond acceptors (Lipinski definition) is 1. The number of anilines is 3. The number of fused-ring (bicyclic) bond motifs is 3. The van der Waals surface area contributed by atoms with E-state index < -0.39 is 0 Å². The highest BCUT2D eigenvalue weighted by Crippen LogP contribution is 2.33. The molecule has 0 aliphatic heterocycles. The molecule has 0 unspecified atom stereocenters. The molecule has 0 aliphatic carbocycles. The summed E-state index contributed by atoms with van der Waals surface area (Å²) in [6.07, 6.45) is 0. The summed E-state index contributed by atoms with van der Waals surface area (Å²) in [6, 6.07) is 48.0. The lowest BCUT2D eigenvalue weighted by Crippen LogP contribution is -2.09. The van der Waals surface area contributed by atoms with Gasteiger partial charge in [-0.15, -0.1) is 17.0 Å². The minimum absolute atomic E-state index is 0. The number of nitrogens with one attached hydrogen (secondary N) is 1. The molecule has 1 aromatic heterocycles. The smallest absolute Gasteiger partial charge is 0.0464 e. The quantitative estimate of drug-likeness (QED) is 0.261. The van der Waals surface area contributed by atoms with E-state index in [2.05, 4.69) is 131 Å². The second-order valence-corrected chi connectivity index (χ2v) is 7.56. The van der Waals surface area contributed by atoms with Crippen molar-refractivity contribution in [1.29, 1.82) is 0 Å². The maximum absolute atomic E-state index is 3.38. The van der Waals surface area contributed by atoms with Gasteiger partial charge in [0.25, 0.3) is 0 Å². The normalized spacial score (nSPS) is 10.2. The lowest BCUT2D eigenvalue weighted by molar-refractivity contribution is 1.28. The molecule has 6 aromatic rings. The summed E-state index contributed by atoms with van der Waals surface area (Å²) >= 11 is 0. The van der Waals surface area contributed by atoms with Crippen LogP contribution in [0.4, 0.5) is 17.1 Å². The Labute approximate surface area is 204 Å². The van der Waals surface area contributed by atoms with E-state index in [-0.39, 0.29) is 17.0 Å². The number of hydrogen-bond donors (Lipinski definition) is 1. The van der Waals surface area contributed by atoms with Crippen LogP contribution in [-0.2, 0) is 0 Å². The van der Waals surface area contributed by atoms with Gasteiger partial charge in [-0.2, -0.15) is 0 Å². The van der Waals surface area contributed by atoms with Crippen molar-refractivity contribution in [2.75, 3.05) is 4.90 Å². The first kappa shape index (κ1) is 22.4. The van der Waals surface area contributed by atoms with Crippen LogP contribution in [0.2, 0.25) is 0 Å². The third kappa shape index (κ3) is 5.00. The van der Waals surface area contributed by atoms with Crippen molar-refractivity contribution in [3.05, 3.63) is 140 Å². The van der Waals surface area contributed by atoms with Crippen molar-refractivity contribution in [3.63, 3.8) is 0 Å². The first-order valence-electron chi connectivity index (χ1n) is 10.8. The molecule has 5 aromatic carbocycles. The number of para-hydroxylation sites is 5. The maximum Gasteiger partial charge on any atom is 0.0464 e. The number of halogens is 1. The molecule has 0 saturated carbocycles. The lowest BCUT2D eigenvalue weighted by atomic mass is 10.2. The van der Waals surface area contributed by atoms with Gasteiger partial charge in [-0.1, -0.05) is 91.0 Å². The predicted octanol–water partition coefficient (Wildman–Crippen LogP) is 9.06. The van der Waals surface area contributed by atoms with E-state index >= 15 is 0 Å². The van der Waals surface area contributed by atoms with E-state index in [0.717, 1.165) is 0 Å². The summed E-state index contributed by atoms with van der Waals surface area (Å²) in [6.45, 7) is 0. The lowest BCUT2D eigenvalue weighted by Gasteiger charge is -2.25. The summed E-state index contributed by atoms with van der Waals surface area (Å²) in [4.78, 5) is 5.63. The van der Waals surface area contributed by atoms with Gasteiger partial charge in [-0.05, 0) is 48.5 Å². The molecule has 162 valence electrons. The van der Waals surface area contributed by atoms with Crippen LogP contribution in [0.15, 0.2) is 140 Å². The van der Waals surface area contributed by atoms with Gasteiger partial charge in [-0.3, -0.25) is 0 Å². The van der Waals surface area contributed by atoms with Gasteiger partial charge >= 0.3 is 0 Å². The van der Waals surface area contributed by atoms with E-state index in [1.807, 2.05) is 18.2 Å². The predicted molar refractivity (Wildman–Crippen MR) is 147 cm³/mol. The summed E-state index contributed by atoms with van der Waals surface area (Å²) < 4.78 is 0. The first-order valence-corrected chi connectivity index (χ1v) is 10.8.